The highest BCUT2D eigenvalue weighted by Gasteiger charge is 2.47. The molecule has 3 aromatic carbocycles. The number of carbonyl (C=O) groups excluding carboxylic acids is 2. The summed E-state index contributed by atoms with van der Waals surface area (Å²) >= 11 is 3.47. The van der Waals surface area contributed by atoms with Gasteiger partial charge in [-0.25, -0.2) is 0 Å². The molecule has 1 aliphatic heterocycles. The van der Waals surface area contributed by atoms with Crippen LogP contribution in [0.2, 0.25) is 0 Å². The zero-order valence-electron chi connectivity index (χ0n) is 20.2. The number of Topliss-reactive ketones (excluding diaryl/α,β-unsaturated/α-hetero) is 1. The first kappa shape index (κ1) is 24.7. The van der Waals surface area contributed by atoms with Crippen LogP contribution < -0.4 is 9.64 Å². The smallest absolute Gasteiger partial charge is 0.300 e. The predicted octanol–water partition coefficient (Wildman–Crippen LogP) is 6.73. The van der Waals surface area contributed by atoms with Crippen molar-refractivity contribution in [1.29, 1.82) is 0 Å². The zero-order chi connectivity index (χ0) is 25.3. The number of ether oxygens (including phenoxy) is 1. The van der Waals surface area contributed by atoms with Crippen LogP contribution in [0.5, 0.6) is 5.75 Å². The first-order valence-electron chi connectivity index (χ1n) is 11.5. The lowest BCUT2D eigenvalue weighted by Crippen LogP contribution is -2.29. The van der Waals surface area contributed by atoms with Crippen LogP contribution in [0.3, 0.4) is 0 Å². The maximum atomic E-state index is 13.4. The number of hydrogen-bond donors (Lipinski definition) is 1. The van der Waals surface area contributed by atoms with E-state index in [0.717, 1.165) is 15.6 Å². The summed E-state index contributed by atoms with van der Waals surface area (Å²) in [4.78, 5) is 28.2. The third-order valence-electron chi connectivity index (χ3n) is 5.91. The molecule has 1 aliphatic rings. The van der Waals surface area contributed by atoms with Gasteiger partial charge in [0.15, 0.2) is 0 Å². The van der Waals surface area contributed by atoms with Crippen molar-refractivity contribution in [3.05, 3.63) is 99.0 Å². The average molecular weight is 534 g/mol. The number of hydrogen-bond acceptors (Lipinski definition) is 4. The highest BCUT2D eigenvalue weighted by atomic mass is 79.9. The minimum absolute atomic E-state index is 0.0549. The molecule has 0 saturated carbocycles. The molecule has 1 saturated heterocycles. The number of carbonyl (C=O) groups is 2. The maximum absolute atomic E-state index is 13.4. The van der Waals surface area contributed by atoms with Crippen molar-refractivity contribution in [1.82, 2.24) is 0 Å². The summed E-state index contributed by atoms with van der Waals surface area (Å²) in [5.74, 6) is -0.608. The van der Waals surface area contributed by atoms with Crippen LogP contribution in [0.15, 0.2) is 76.8 Å². The molecule has 0 bridgehead atoms. The average Bonchev–Trinajstić information content (AvgIpc) is 3.09. The van der Waals surface area contributed by atoms with Crippen LogP contribution in [0, 0.1) is 19.8 Å². The van der Waals surface area contributed by atoms with E-state index >= 15 is 0 Å². The fraction of sp³-hybridized carbons (Fsp3) is 0.241. The fourth-order valence-electron chi connectivity index (χ4n) is 4.18. The summed E-state index contributed by atoms with van der Waals surface area (Å²) in [6.07, 6.45) is 0. The number of benzene rings is 3. The second-order valence-electron chi connectivity index (χ2n) is 9.25. The largest absolute Gasteiger partial charge is 0.507 e. The molecule has 180 valence electrons. The van der Waals surface area contributed by atoms with Gasteiger partial charge in [0.25, 0.3) is 11.7 Å². The Morgan fingerprint density at radius 1 is 1.03 bits per heavy atom. The first-order valence-corrected chi connectivity index (χ1v) is 12.3. The van der Waals surface area contributed by atoms with Crippen LogP contribution >= 0.6 is 15.9 Å². The lowest BCUT2D eigenvalue weighted by molar-refractivity contribution is -0.132. The van der Waals surface area contributed by atoms with E-state index in [9.17, 15) is 14.7 Å². The summed E-state index contributed by atoms with van der Waals surface area (Å²) in [6, 6.07) is 19.3. The number of halogens is 1. The number of aliphatic hydroxyl groups is 1. The van der Waals surface area contributed by atoms with Crippen LogP contribution in [-0.4, -0.2) is 23.4 Å². The van der Waals surface area contributed by atoms with Crippen molar-refractivity contribution >= 4 is 39.1 Å². The molecule has 0 aliphatic carbocycles. The number of ketones is 1. The second-order valence-corrected chi connectivity index (χ2v) is 10.1. The minimum atomic E-state index is -0.802. The molecule has 1 fully saturated rings. The van der Waals surface area contributed by atoms with Crippen molar-refractivity contribution in [2.45, 2.75) is 33.7 Å². The van der Waals surface area contributed by atoms with E-state index in [1.807, 2.05) is 62.4 Å². The van der Waals surface area contributed by atoms with Gasteiger partial charge < -0.3 is 9.84 Å². The van der Waals surface area contributed by atoms with Gasteiger partial charge in [0, 0.05) is 15.7 Å². The Labute approximate surface area is 214 Å². The lowest BCUT2D eigenvalue weighted by atomic mass is 9.94. The summed E-state index contributed by atoms with van der Waals surface area (Å²) < 4.78 is 6.81. The number of rotatable bonds is 6. The molecule has 0 radical (unpaired) electrons. The molecule has 0 aromatic heterocycles. The maximum Gasteiger partial charge on any atom is 0.300 e. The fourth-order valence-corrected chi connectivity index (χ4v) is 4.42. The molecule has 1 amide bonds. The first-order chi connectivity index (χ1) is 16.7. The molecule has 4 rings (SSSR count). The van der Waals surface area contributed by atoms with E-state index in [-0.39, 0.29) is 11.3 Å². The number of nitrogens with zero attached hydrogens (tertiary/aromatic N) is 1. The third-order valence-corrected chi connectivity index (χ3v) is 6.80. The predicted molar refractivity (Wildman–Crippen MR) is 142 cm³/mol. The Kier molecular flexibility index (Phi) is 7.13. The van der Waals surface area contributed by atoms with E-state index in [0.29, 0.717) is 35.1 Å². The van der Waals surface area contributed by atoms with Crippen molar-refractivity contribution in [2.75, 3.05) is 11.5 Å². The molecular formula is C29H28BrNO4. The molecule has 1 unspecified atom stereocenters. The van der Waals surface area contributed by atoms with E-state index in [4.69, 9.17) is 4.74 Å². The second kappa shape index (κ2) is 10.1. The van der Waals surface area contributed by atoms with Gasteiger partial charge in [0.1, 0.15) is 11.5 Å². The van der Waals surface area contributed by atoms with Gasteiger partial charge in [0.2, 0.25) is 0 Å². The van der Waals surface area contributed by atoms with Crippen LogP contribution in [0.1, 0.15) is 42.1 Å². The molecule has 0 spiro atoms. The van der Waals surface area contributed by atoms with Gasteiger partial charge in [-0.05, 0) is 72.9 Å². The molecular weight excluding hydrogens is 506 g/mol. The third kappa shape index (κ3) is 5.03. The number of anilines is 1. The molecule has 1 heterocycles. The van der Waals surface area contributed by atoms with Crippen LogP contribution in [0.25, 0.3) is 5.76 Å². The summed E-state index contributed by atoms with van der Waals surface area (Å²) in [7, 11) is 0. The number of amides is 1. The molecule has 1 atom stereocenters. The Bertz CT molecular complexity index is 1330. The number of aryl methyl sites for hydroxylation is 2. The quantitative estimate of drug-likeness (QED) is 0.217. The van der Waals surface area contributed by atoms with E-state index in [1.165, 1.54) is 4.90 Å². The Hall–Kier alpha value is -3.38. The summed E-state index contributed by atoms with van der Waals surface area (Å²) in [6.45, 7) is 8.51. The minimum Gasteiger partial charge on any atom is -0.507 e. The molecule has 1 N–H and O–H groups in total. The van der Waals surface area contributed by atoms with Crippen LogP contribution in [-0.2, 0) is 9.59 Å². The zero-order valence-corrected chi connectivity index (χ0v) is 21.8. The monoisotopic (exact) mass is 533 g/mol. The van der Waals surface area contributed by atoms with Gasteiger partial charge in [-0.2, -0.15) is 0 Å². The normalized spacial score (nSPS) is 17.3. The number of aliphatic hydroxyl groups excluding tert-OH is 1. The SMILES string of the molecule is Cc1cccc(N2C(=O)C(=O)/C(=C(\O)c3ccc(Br)c(C)c3)C2c2cccc(OCC(C)C)c2)c1. The van der Waals surface area contributed by atoms with Crippen molar-refractivity contribution < 1.29 is 19.4 Å². The topological polar surface area (TPSA) is 66.8 Å². The Balaban J connectivity index is 1.91. The highest BCUT2D eigenvalue weighted by molar-refractivity contribution is 9.10. The summed E-state index contributed by atoms with van der Waals surface area (Å²) in [5, 5.41) is 11.4. The van der Waals surface area contributed by atoms with Gasteiger partial charge >= 0.3 is 0 Å². The van der Waals surface area contributed by atoms with Gasteiger partial charge in [0.05, 0.1) is 18.2 Å². The standard InChI is InChI=1S/C29H28BrNO4/c1-17(2)16-35-23-10-6-8-20(15-23)26-25(27(32)21-11-12-24(30)19(4)14-21)28(33)29(34)31(26)22-9-5-7-18(3)13-22/h5-15,17,26,32H,16H2,1-4H3/b27-25-. The Morgan fingerprint density at radius 3 is 2.46 bits per heavy atom. The van der Waals surface area contributed by atoms with Gasteiger partial charge in [-0.1, -0.05) is 60.1 Å². The van der Waals surface area contributed by atoms with E-state index < -0.39 is 17.7 Å². The van der Waals surface area contributed by atoms with Gasteiger partial charge in [-0.3, -0.25) is 14.5 Å². The molecule has 35 heavy (non-hydrogen) atoms. The molecule has 6 heteroatoms. The molecule has 5 nitrogen and oxygen atoms in total. The van der Waals surface area contributed by atoms with Crippen molar-refractivity contribution in [3.63, 3.8) is 0 Å². The summed E-state index contributed by atoms with van der Waals surface area (Å²) in [5.41, 5.74) is 3.67. The molecule has 3 aromatic rings. The van der Waals surface area contributed by atoms with Crippen molar-refractivity contribution in [2.24, 2.45) is 5.92 Å². The van der Waals surface area contributed by atoms with Gasteiger partial charge in [-0.15, -0.1) is 0 Å². The van der Waals surface area contributed by atoms with Crippen molar-refractivity contribution in [3.8, 4) is 5.75 Å². The van der Waals surface area contributed by atoms with Crippen LogP contribution in [0.4, 0.5) is 5.69 Å². The van der Waals surface area contributed by atoms with E-state index in [2.05, 4.69) is 29.8 Å². The van der Waals surface area contributed by atoms with E-state index in [1.54, 1.807) is 18.2 Å². The lowest BCUT2D eigenvalue weighted by Gasteiger charge is -2.26. The highest BCUT2D eigenvalue weighted by Crippen LogP contribution is 2.43. The Morgan fingerprint density at radius 2 is 1.77 bits per heavy atom.